The quantitative estimate of drug-likeness (QED) is 0.837. The van der Waals surface area contributed by atoms with E-state index in [0.29, 0.717) is 12.3 Å². The van der Waals surface area contributed by atoms with Crippen LogP contribution in [-0.2, 0) is 17.6 Å². The number of rotatable bonds is 4. The maximum atomic E-state index is 12.9. The Kier molecular flexibility index (Phi) is 4.88. The molecular weight excluding hydrogens is 297 g/mol. The van der Waals surface area contributed by atoms with Crippen LogP contribution >= 0.6 is 11.3 Å². The summed E-state index contributed by atoms with van der Waals surface area (Å²) in [5.41, 5.74) is 1.18. The van der Waals surface area contributed by atoms with Gasteiger partial charge in [0.05, 0.1) is 6.42 Å². The number of nitrogens with zero attached hydrogens (tertiary/aromatic N) is 1. The van der Waals surface area contributed by atoms with Crippen molar-refractivity contribution in [3.63, 3.8) is 0 Å². The second-order valence-electron chi connectivity index (χ2n) is 5.91. The van der Waals surface area contributed by atoms with Gasteiger partial charge in [-0.2, -0.15) is 0 Å². The summed E-state index contributed by atoms with van der Waals surface area (Å²) in [4.78, 5) is 15.4. The van der Waals surface area contributed by atoms with Crippen LogP contribution in [0.1, 0.15) is 23.3 Å². The summed E-state index contributed by atoms with van der Waals surface area (Å²) in [6.45, 7) is 1.69. The van der Waals surface area contributed by atoms with Gasteiger partial charge in [0.2, 0.25) is 5.91 Å². The number of hydrogen-bond acceptors (Lipinski definition) is 2. The molecule has 0 bridgehead atoms. The van der Waals surface area contributed by atoms with Crippen LogP contribution in [0.5, 0.6) is 0 Å². The van der Waals surface area contributed by atoms with Crippen LogP contribution < -0.4 is 0 Å². The van der Waals surface area contributed by atoms with Crippen LogP contribution in [0.2, 0.25) is 0 Å². The predicted molar refractivity (Wildman–Crippen MR) is 87.4 cm³/mol. The van der Waals surface area contributed by atoms with Crippen LogP contribution in [0.15, 0.2) is 41.8 Å². The Balaban J connectivity index is 1.47. The molecule has 0 aliphatic carbocycles. The maximum absolute atomic E-state index is 12.9. The molecule has 3 rings (SSSR count). The van der Waals surface area contributed by atoms with Crippen molar-refractivity contribution in [3.8, 4) is 0 Å². The van der Waals surface area contributed by atoms with E-state index in [1.54, 1.807) is 11.3 Å². The Hall–Kier alpha value is -1.68. The van der Waals surface area contributed by atoms with Gasteiger partial charge in [0.25, 0.3) is 0 Å². The fraction of sp³-hybridized carbons (Fsp3) is 0.389. The van der Waals surface area contributed by atoms with Crippen LogP contribution in [0, 0.1) is 11.7 Å². The topological polar surface area (TPSA) is 20.3 Å². The van der Waals surface area contributed by atoms with Gasteiger partial charge in [0, 0.05) is 18.0 Å². The van der Waals surface area contributed by atoms with Crippen molar-refractivity contribution in [2.24, 2.45) is 5.92 Å². The monoisotopic (exact) mass is 317 g/mol. The van der Waals surface area contributed by atoms with Crippen molar-refractivity contribution in [1.82, 2.24) is 4.90 Å². The third kappa shape index (κ3) is 3.95. The number of amides is 1. The summed E-state index contributed by atoms with van der Waals surface area (Å²) in [7, 11) is 0. The van der Waals surface area contributed by atoms with Crippen molar-refractivity contribution in [2.75, 3.05) is 13.1 Å². The van der Waals surface area contributed by atoms with Crippen LogP contribution in [0.25, 0.3) is 0 Å². The zero-order valence-corrected chi connectivity index (χ0v) is 13.3. The number of halogens is 1. The lowest BCUT2D eigenvalue weighted by atomic mass is 9.90. The average molecular weight is 317 g/mol. The van der Waals surface area contributed by atoms with E-state index in [1.165, 1.54) is 17.7 Å². The van der Waals surface area contributed by atoms with Gasteiger partial charge in [-0.05, 0) is 54.3 Å². The summed E-state index contributed by atoms with van der Waals surface area (Å²) in [6, 6.07) is 10.8. The molecule has 0 atom stereocenters. The Morgan fingerprint density at radius 1 is 1.18 bits per heavy atom. The van der Waals surface area contributed by atoms with Gasteiger partial charge in [0.1, 0.15) is 5.82 Å². The van der Waals surface area contributed by atoms with Crippen LogP contribution in [0.4, 0.5) is 4.39 Å². The minimum atomic E-state index is -0.183. The molecule has 0 spiro atoms. The minimum absolute atomic E-state index is 0.183. The van der Waals surface area contributed by atoms with E-state index < -0.39 is 0 Å². The van der Waals surface area contributed by atoms with Gasteiger partial charge in [-0.15, -0.1) is 11.3 Å². The molecular formula is C18H20FNOS. The highest BCUT2D eigenvalue weighted by Crippen LogP contribution is 2.23. The highest BCUT2D eigenvalue weighted by Gasteiger charge is 2.23. The first-order valence-corrected chi connectivity index (χ1v) is 8.63. The van der Waals surface area contributed by atoms with E-state index in [4.69, 9.17) is 0 Å². The fourth-order valence-corrected chi connectivity index (χ4v) is 3.71. The van der Waals surface area contributed by atoms with E-state index in [2.05, 4.69) is 0 Å². The first-order chi connectivity index (χ1) is 10.7. The molecule has 2 aromatic rings. The molecule has 22 heavy (non-hydrogen) atoms. The van der Waals surface area contributed by atoms with Crippen molar-refractivity contribution < 1.29 is 9.18 Å². The summed E-state index contributed by atoms with van der Waals surface area (Å²) in [6.07, 6.45) is 3.58. The number of carbonyl (C=O) groups excluding carboxylic acids is 1. The molecule has 116 valence electrons. The first-order valence-electron chi connectivity index (χ1n) is 7.75. The molecule has 0 saturated carbocycles. The SMILES string of the molecule is O=C(Cc1cccs1)N1CCC(Cc2ccc(F)cc2)CC1. The lowest BCUT2D eigenvalue weighted by Crippen LogP contribution is -2.39. The maximum Gasteiger partial charge on any atom is 0.227 e. The lowest BCUT2D eigenvalue weighted by molar-refractivity contribution is -0.131. The fourth-order valence-electron chi connectivity index (χ4n) is 3.01. The molecule has 0 radical (unpaired) electrons. The summed E-state index contributed by atoms with van der Waals surface area (Å²) in [5, 5.41) is 2.01. The molecule has 1 aliphatic heterocycles. The summed E-state index contributed by atoms with van der Waals surface area (Å²) < 4.78 is 12.9. The third-order valence-electron chi connectivity index (χ3n) is 4.31. The van der Waals surface area contributed by atoms with E-state index >= 15 is 0 Å². The van der Waals surface area contributed by atoms with Crippen LogP contribution in [0.3, 0.4) is 0 Å². The van der Waals surface area contributed by atoms with E-state index in [9.17, 15) is 9.18 Å². The number of likely N-dealkylation sites (tertiary alicyclic amines) is 1. The number of thiophene rings is 1. The van der Waals surface area contributed by atoms with Gasteiger partial charge in [0.15, 0.2) is 0 Å². The molecule has 1 aliphatic rings. The predicted octanol–water partition coefficient (Wildman–Crippen LogP) is 3.91. The molecule has 2 nitrogen and oxygen atoms in total. The van der Waals surface area contributed by atoms with Crippen molar-refractivity contribution in [1.29, 1.82) is 0 Å². The Labute approximate surface area is 134 Å². The molecule has 1 saturated heterocycles. The zero-order valence-electron chi connectivity index (χ0n) is 12.5. The Bertz CT molecular complexity index is 601. The lowest BCUT2D eigenvalue weighted by Gasteiger charge is -2.32. The Morgan fingerprint density at radius 2 is 1.91 bits per heavy atom. The molecule has 1 aromatic heterocycles. The third-order valence-corrected chi connectivity index (χ3v) is 5.19. The number of carbonyl (C=O) groups is 1. The molecule has 0 N–H and O–H groups in total. The Morgan fingerprint density at radius 3 is 2.55 bits per heavy atom. The molecule has 1 aromatic carbocycles. The standard InChI is InChI=1S/C18H20FNOS/c19-16-5-3-14(4-6-16)12-15-7-9-20(10-8-15)18(21)13-17-2-1-11-22-17/h1-6,11,15H,7-10,12-13H2. The highest BCUT2D eigenvalue weighted by atomic mass is 32.1. The molecule has 2 heterocycles. The molecule has 1 fully saturated rings. The van der Waals surface area contributed by atoms with Crippen molar-refractivity contribution >= 4 is 17.2 Å². The van der Waals surface area contributed by atoms with Gasteiger partial charge in [-0.25, -0.2) is 4.39 Å². The van der Waals surface area contributed by atoms with Gasteiger partial charge < -0.3 is 4.90 Å². The van der Waals surface area contributed by atoms with Crippen LogP contribution in [-0.4, -0.2) is 23.9 Å². The minimum Gasteiger partial charge on any atom is -0.342 e. The van der Waals surface area contributed by atoms with Crippen molar-refractivity contribution in [3.05, 3.63) is 58.0 Å². The van der Waals surface area contributed by atoms with E-state index in [1.807, 2.05) is 34.5 Å². The first kappa shape index (κ1) is 15.2. The number of benzene rings is 1. The average Bonchev–Trinajstić information content (AvgIpc) is 3.03. The summed E-state index contributed by atoms with van der Waals surface area (Å²) in [5.74, 6) is 0.650. The number of hydrogen-bond donors (Lipinski definition) is 0. The second kappa shape index (κ2) is 7.05. The van der Waals surface area contributed by atoms with Gasteiger partial charge >= 0.3 is 0 Å². The van der Waals surface area contributed by atoms with E-state index in [-0.39, 0.29) is 11.7 Å². The second-order valence-corrected chi connectivity index (χ2v) is 6.94. The van der Waals surface area contributed by atoms with Gasteiger partial charge in [-0.1, -0.05) is 18.2 Å². The van der Waals surface area contributed by atoms with Crippen molar-refractivity contribution in [2.45, 2.75) is 25.7 Å². The van der Waals surface area contributed by atoms with E-state index in [0.717, 1.165) is 37.2 Å². The molecule has 1 amide bonds. The highest BCUT2D eigenvalue weighted by molar-refractivity contribution is 7.10. The summed E-state index contributed by atoms with van der Waals surface area (Å²) >= 11 is 1.64. The molecule has 0 unspecified atom stereocenters. The normalized spacial score (nSPS) is 16.0. The van der Waals surface area contributed by atoms with Gasteiger partial charge in [-0.3, -0.25) is 4.79 Å². The largest absolute Gasteiger partial charge is 0.342 e. The smallest absolute Gasteiger partial charge is 0.227 e. The zero-order chi connectivity index (χ0) is 15.4. The number of piperidine rings is 1. The molecule has 4 heteroatoms.